The highest BCUT2D eigenvalue weighted by Gasteiger charge is 2.33. The van der Waals surface area contributed by atoms with Gasteiger partial charge in [-0.15, -0.1) is 0 Å². The maximum atomic E-state index is 2.56. The SMILES string of the molecule is CC(C)C1(C)CCCCCN1C. The molecule has 1 fully saturated rings. The minimum atomic E-state index is 0.455. The van der Waals surface area contributed by atoms with Gasteiger partial charge >= 0.3 is 0 Å². The summed E-state index contributed by atoms with van der Waals surface area (Å²) in [6.45, 7) is 8.40. The largest absolute Gasteiger partial charge is 0.301 e. The van der Waals surface area contributed by atoms with Crippen molar-refractivity contribution in [3.8, 4) is 0 Å². The van der Waals surface area contributed by atoms with Crippen molar-refractivity contribution in [3.63, 3.8) is 0 Å². The maximum Gasteiger partial charge on any atom is 0.0201 e. The van der Waals surface area contributed by atoms with Gasteiger partial charge in [0.15, 0.2) is 0 Å². The lowest BCUT2D eigenvalue weighted by Crippen LogP contribution is -2.47. The normalized spacial score (nSPS) is 33.8. The van der Waals surface area contributed by atoms with Crippen LogP contribution in [0.3, 0.4) is 0 Å². The Kier molecular flexibility index (Phi) is 3.16. The molecule has 0 aromatic carbocycles. The van der Waals surface area contributed by atoms with Crippen LogP contribution in [-0.2, 0) is 0 Å². The fourth-order valence-electron chi connectivity index (χ4n) is 2.18. The van der Waals surface area contributed by atoms with E-state index in [1.54, 1.807) is 0 Å². The molecule has 1 aliphatic heterocycles. The topological polar surface area (TPSA) is 3.24 Å². The van der Waals surface area contributed by atoms with Gasteiger partial charge in [0.1, 0.15) is 0 Å². The first-order valence-corrected chi connectivity index (χ1v) is 5.28. The molecule has 0 aliphatic carbocycles. The number of hydrogen-bond donors (Lipinski definition) is 0. The molecule has 1 unspecified atom stereocenters. The highest BCUT2D eigenvalue weighted by Crippen LogP contribution is 2.31. The Morgan fingerprint density at radius 3 is 2.42 bits per heavy atom. The standard InChI is InChI=1S/C11H23N/c1-10(2)11(3)8-6-5-7-9-12(11)4/h10H,5-9H2,1-4H3. The van der Waals surface area contributed by atoms with Crippen LogP contribution >= 0.6 is 0 Å². The summed E-state index contributed by atoms with van der Waals surface area (Å²) in [5.41, 5.74) is 0.455. The van der Waals surface area contributed by atoms with E-state index in [2.05, 4.69) is 32.7 Å². The number of hydrogen-bond acceptors (Lipinski definition) is 1. The quantitative estimate of drug-likeness (QED) is 0.583. The van der Waals surface area contributed by atoms with E-state index in [0.29, 0.717) is 5.54 Å². The second-order valence-electron chi connectivity index (χ2n) is 4.74. The second kappa shape index (κ2) is 3.78. The molecule has 0 radical (unpaired) electrons. The highest BCUT2D eigenvalue weighted by molar-refractivity contribution is 4.89. The van der Waals surface area contributed by atoms with Crippen LogP contribution < -0.4 is 0 Å². The predicted molar refractivity (Wildman–Crippen MR) is 54.3 cm³/mol. The Balaban J connectivity index is 2.69. The summed E-state index contributed by atoms with van der Waals surface area (Å²) >= 11 is 0. The summed E-state index contributed by atoms with van der Waals surface area (Å²) in [7, 11) is 2.28. The van der Waals surface area contributed by atoms with Gasteiger partial charge in [0.2, 0.25) is 0 Å². The molecular formula is C11H23N. The molecule has 0 N–H and O–H groups in total. The third-order valence-electron chi connectivity index (χ3n) is 3.79. The van der Waals surface area contributed by atoms with Crippen LogP contribution in [-0.4, -0.2) is 24.0 Å². The molecule has 0 aromatic rings. The number of rotatable bonds is 1. The molecule has 0 amide bonds. The summed E-state index contributed by atoms with van der Waals surface area (Å²) in [6.07, 6.45) is 5.60. The van der Waals surface area contributed by atoms with Gasteiger partial charge in [0.25, 0.3) is 0 Å². The van der Waals surface area contributed by atoms with E-state index in [1.165, 1.54) is 32.2 Å². The zero-order valence-corrected chi connectivity index (χ0v) is 9.06. The Morgan fingerprint density at radius 2 is 1.83 bits per heavy atom. The fourth-order valence-corrected chi connectivity index (χ4v) is 2.18. The van der Waals surface area contributed by atoms with Gasteiger partial charge in [0, 0.05) is 5.54 Å². The summed E-state index contributed by atoms with van der Waals surface area (Å²) < 4.78 is 0. The smallest absolute Gasteiger partial charge is 0.0201 e. The minimum absolute atomic E-state index is 0.455. The van der Waals surface area contributed by atoms with Crippen LogP contribution in [0.2, 0.25) is 0 Å². The number of likely N-dealkylation sites (tertiary alicyclic amines) is 1. The molecule has 72 valence electrons. The lowest BCUT2D eigenvalue weighted by atomic mass is 9.83. The van der Waals surface area contributed by atoms with Crippen LogP contribution in [0.5, 0.6) is 0 Å². The monoisotopic (exact) mass is 169 g/mol. The first-order valence-electron chi connectivity index (χ1n) is 5.28. The first-order chi connectivity index (χ1) is 5.57. The lowest BCUT2D eigenvalue weighted by Gasteiger charge is -2.41. The second-order valence-corrected chi connectivity index (χ2v) is 4.74. The van der Waals surface area contributed by atoms with Crippen molar-refractivity contribution in [1.82, 2.24) is 4.90 Å². The van der Waals surface area contributed by atoms with Crippen molar-refractivity contribution in [2.24, 2.45) is 5.92 Å². The Hall–Kier alpha value is -0.0400. The van der Waals surface area contributed by atoms with E-state index in [-0.39, 0.29) is 0 Å². The van der Waals surface area contributed by atoms with E-state index in [9.17, 15) is 0 Å². The van der Waals surface area contributed by atoms with Gasteiger partial charge in [-0.2, -0.15) is 0 Å². The van der Waals surface area contributed by atoms with Crippen LogP contribution in [0.1, 0.15) is 46.5 Å². The van der Waals surface area contributed by atoms with Gasteiger partial charge in [-0.1, -0.05) is 26.7 Å². The molecule has 12 heavy (non-hydrogen) atoms. The van der Waals surface area contributed by atoms with Crippen LogP contribution in [0.4, 0.5) is 0 Å². The zero-order chi connectivity index (χ0) is 9.19. The molecule has 1 nitrogen and oxygen atoms in total. The molecule has 1 heterocycles. The summed E-state index contributed by atoms with van der Waals surface area (Å²) in [4.78, 5) is 2.56. The Morgan fingerprint density at radius 1 is 1.17 bits per heavy atom. The molecule has 0 spiro atoms. The van der Waals surface area contributed by atoms with E-state index >= 15 is 0 Å². The zero-order valence-electron chi connectivity index (χ0n) is 9.06. The van der Waals surface area contributed by atoms with E-state index in [1.807, 2.05) is 0 Å². The molecular weight excluding hydrogens is 146 g/mol. The Bertz CT molecular complexity index is 142. The van der Waals surface area contributed by atoms with E-state index in [4.69, 9.17) is 0 Å². The summed E-state index contributed by atoms with van der Waals surface area (Å²) in [5, 5.41) is 0. The van der Waals surface area contributed by atoms with Gasteiger partial charge < -0.3 is 4.90 Å². The van der Waals surface area contributed by atoms with Crippen molar-refractivity contribution in [2.75, 3.05) is 13.6 Å². The van der Waals surface area contributed by atoms with Crippen LogP contribution in [0.15, 0.2) is 0 Å². The average Bonchev–Trinajstić information content (AvgIpc) is 2.16. The molecule has 1 atom stereocenters. The summed E-state index contributed by atoms with van der Waals surface area (Å²) in [6, 6.07) is 0. The van der Waals surface area contributed by atoms with Crippen LogP contribution in [0.25, 0.3) is 0 Å². The third kappa shape index (κ3) is 1.82. The fraction of sp³-hybridized carbons (Fsp3) is 1.00. The van der Waals surface area contributed by atoms with Crippen molar-refractivity contribution < 1.29 is 0 Å². The van der Waals surface area contributed by atoms with E-state index < -0.39 is 0 Å². The average molecular weight is 169 g/mol. The molecule has 0 aromatic heterocycles. The predicted octanol–water partition coefficient (Wildman–Crippen LogP) is 2.91. The lowest BCUT2D eigenvalue weighted by molar-refractivity contribution is 0.0883. The van der Waals surface area contributed by atoms with Crippen molar-refractivity contribution in [3.05, 3.63) is 0 Å². The maximum absolute atomic E-state index is 2.56. The number of nitrogens with zero attached hydrogens (tertiary/aromatic N) is 1. The van der Waals surface area contributed by atoms with Crippen molar-refractivity contribution in [1.29, 1.82) is 0 Å². The minimum Gasteiger partial charge on any atom is -0.301 e. The molecule has 1 saturated heterocycles. The van der Waals surface area contributed by atoms with Gasteiger partial charge in [-0.3, -0.25) is 0 Å². The molecule has 0 saturated carbocycles. The highest BCUT2D eigenvalue weighted by atomic mass is 15.2. The molecule has 1 aliphatic rings. The first kappa shape index (κ1) is 10.0. The third-order valence-corrected chi connectivity index (χ3v) is 3.79. The summed E-state index contributed by atoms with van der Waals surface area (Å²) in [5.74, 6) is 0.778. The molecule has 1 rings (SSSR count). The van der Waals surface area contributed by atoms with Crippen LogP contribution in [0, 0.1) is 5.92 Å². The van der Waals surface area contributed by atoms with Crippen molar-refractivity contribution >= 4 is 0 Å². The van der Waals surface area contributed by atoms with Crippen molar-refractivity contribution in [2.45, 2.75) is 52.0 Å². The Labute approximate surface area is 77.1 Å². The van der Waals surface area contributed by atoms with E-state index in [0.717, 1.165) is 5.92 Å². The molecule has 0 bridgehead atoms. The van der Waals surface area contributed by atoms with Gasteiger partial charge in [-0.05, 0) is 39.3 Å². The van der Waals surface area contributed by atoms with Gasteiger partial charge in [-0.25, -0.2) is 0 Å². The van der Waals surface area contributed by atoms with Gasteiger partial charge in [0.05, 0.1) is 0 Å². The molecule has 1 heteroatoms.